The molecule has 5 rings (SSSR count). The number of aromatic nitrogens is 2. The van der Waals surface area contributed by atoms with E-state index in [9.17, 15) is 9.59 Å². The Hall–Kier alpha value is -3.92. The number of hydrogen-bond donors (Lipinski definition) is 3. The fourth-order valence-electron chi connectivity index (χ4n) is 4.08. The van der Waals surface area contributed by atoms with Crippen LogP contribution in [0.15, 0.2) is 42.6 Å². The summed E-state index contributed by atoms with van der Waals surface area (Å²) in [7, 11) is 1.53. The summed E-state index contributed by atoms with van der Waals surface area (Å²) in [5, 5.41) is 8.96. The number of carbonyl (C=O) groups is 2. The van der Waals surface area contributed by atoms with Crippen molar-refractivity contribution < 1.29 is 23.8 Å². The minimum Gasteiger partial charge on any atom is -0.486 e. The Balaban J connectivity index is 1.18. The zero-order chi connectivity index (χ0) is 23.5. The molecular formula is C24H25N5O5. The number of fused-ring (bicyclic) bond motifs is 2. The van der Waals surface area contributed by atoms with Gasteiger partial charge >= 0.3 is 0 Å². The van der Waals surface area contributed by atoms with Crippen molar-refractivity contribution in [3.05, 3.63) is 48.2 Å². The van der Waals surface area contributed by atoms with E-state index in [1.165, 1.54) is 7.11 Å². The molecule has 3 N–H and O–H groups in total. The Labute approximate surface area is 196 Å². The minimum atomic E-state index is -0.631. The number of nitrogens with zero attached hydrogens (tertiary/aromatic N) is 2. The molecule has 0 aliphatic carbocycles. The predicted molar refractivity (Wildman–Crippen MR) is 124 cm³/mol. The number of piperidine rings is 1. The first-order valence-corrected chi connectivity index (χ1v) is 11.1. The molecule has 176 valence electrons. The molecule has 34 heavy (non-hydrogen) atoms. The van der Waals surface area contributed by atoms with E-state index < -0.39 is 6.04 Å². The van der Waals surface area contributed by atoms with Gasteiger partial charge in [0.25, 0.3) is 0 Å². The van der Waals surface area contributed by atoms with E-state index in [0.29, 0.717) is 61.0 Å². The summed E-state index contributed by atoms with van der Waals surface area (Å²) < 4.78 is 16.3. The van der Waals surface area contributed by atoms with Gasteiger partial charge in [0, 0.05) is 18.8 Å². The quantitative estimate of drug-likeness (QED) is 0.506. The lowest BCUT2D eigenvalue weighted by Crippen LogP contribution is -2.55. The highest BCUT2D eigenvalue weighted by molar-refractivity contribution is 6.03. The van der Waals surface area contributed by atoms with Crippen molar-refractivity contribution in [1.82, 2.24) is 20.6 Å². The first-order chi connectivity index (χ1) is 16.6. The lowest BCUT2D eigenvalue weighted by atomic mass is 9.99. The van der Waals surface area contributed by atoms with Gasteiger partial charge in [-0.15, -0.1) is 0 Å². The molecule has 2 aliphatic heterocycles. The molecule has 1 fully saturated rings. The van der Waals surface area contributed by atoms with Gasteiger partial charge in [-0.2, -0.15) is 0 Å². The molecule has 0 saturated carbocycles. The lowest BCUT2D eigenvalue weighted by molar-refractivity contribution is -0.130. The number of ether oxygens (including phenoxy) is 3. The van der Waals surface area contributed by atoms with Crippen LogP contribution in [-0.2, 0) is 16.1 Å². The van der Waals surface area contributed by atoms with Crippen LogP contribution in [0.5, 0.6) is 17.4 Å². The summed E-state index contributed by atoms with van der Waals surface area (Å²) in [6.07, 6.45) is 2.65. The number of rotatable bonds is 6. The van der Waals surface area contributed by atoms with Gasteiger partial charge in [0.1, 0.15) is 24.8 Å². The molecule has 0 spiro atoms. The van der Waals surface area contributed by atoms with Crippen molar-refractivity contribution in [3.63, 3.8) is 0 Å². The maximum Gasteiger partial charge on any atom is 0.247 e. The highest BCUT2D eigenvalue weighted by atomic mass is 16.6. The van der Waals surface area contributed by atoms with Gasteiger partial charge in [0.2, 0.25) is 17.7 Å². The largest absolute Gasteiger partial charge is 0.486 e. The van der Waals surface area contributed by atoms with E-state index >= 15 is 0 Å². The van der Waals surface area contributed by atoms with Gasteiger partial charge in [-0.1, -0.05) is 6.07 Å². The molecule has 0 radical (unpaired) electrons. The van der Waals surface area contributed by atoms with E-state index in [1.807, 2.05) is 18.2 Å². The van der Waals surface area contributed by atoms with E-state index in [-0.39, 0.29) is 17.9 Å². The molecule has 2 amide bonds. The topological polar surface area (TPSA) is 124 Å². The Kier molecular flexibility index (Phi) is 6.13. The maximum absolute atomic E-state index is 12.9. The Morgan fingerprint density at radius 3 is 2.82 bits per heavy atom. The SMILES string of the molecule is COc1ccc2nccc(NC(=O)[C@H]3CC[C@H](NCc4ccc5c(c4)OCCO5)C(=O)N3)c2n1. The summed E-state index contributed by atoms with van der Waals surface area (Å²) in [5.41, 5.74) is 2.66. The number of nitrogens with one attached hydrogen (secondary N) is 3. The highest BCUT2D eigenvalue weighted by Gasteiger charge is 2.31. The number of methoxy groups -OCH3 is 1. The second-order valence-electron chi connectivity index (χ2n) is 8.12. The molecule has 1 saturated heterocycles. The molecular weight excluding hydrogens is 438 g/mol. The number of carbonyl (C=O) groups excluding carboxylic acids is 2. The van der Waals surface area contributed by atoms with Crippen LogP contribution in [0, 0.1) is 0 Å². The Bertz CT molecular complexity index is 1230. The molecule has 4 heterocycles. The predicted octanol–water partition coefficient (Wildman–Crippen LogP) is 1.79. The van der Waals surface area contributed by atoms with E-state index in [4.69, 9.17) is 14.2 Å². The first-order valence-electron chi connectivity index (χ1n) is 11.1. The summed E-state index contributed by atoms with van der Waals surface area (Å²) in [6.45, 7) is 1.57. The highest BCUT2D eigenvalue weighted by Crippen LogP contribution is 2.30. The van der Waals surface area contributed by atoms with Crippen LogP contribution >= 0.6 is 0 Å². The first kappa shape index (κ1) is 21.9. The van der Waals surface area contributed by atoms with Crippen molar-refractivity contribution in [2.45, 2.75) is 31.5 Å². The number of hydrogen-bond acceptors (Lipinski definition) is 8. The third kappa shape index (κ3) is 4.58. The van der Waals surface area contributed by atoms with Gasteiger partial charge in [0.05, 0.1) is 24.4 Å². The van der Waals surface area contributed by atoms with Crippen LogP contribution < -0.4 is 30.2 Å². The van der Waals surface area contributed by atoms with Crippen LogP contribution in [0.1, 0.15) is 18.4 Å². The molecule has 10 nitrogen and oxygen atoms in total. The zero-order valence-corrected chi connectivity index (χ0v) is 18.7. The fraction of sp³-hybridized carbons (Fsp3) is 0.333. The third-order valence-electron chi connectivity index (χ3n) is 5.88. The summed E-state index contributed by atoms with van der Waals surface area (Å²) >= 11 is 0. The summed E-state index contributed by atoms with van der Waals surface area (Å²) in [6, 6.07) is 9.88. The van der Waals surface area contributed by atoms with Gasteiger partial charge in [0.15, 0.2) is 11.5 Å². The van der Waals surface area contributed by atoms with Crippen molar-refractivity contribution in [2.75, 3.05) is 25.6 Å². The average Bonchev–Trinajstić information content (AvgIpc) is 2.87. The fourth-order valence-corrected chi connectivity index (χ4v) is 4.08. The Morgan fingerprint density at radius 1 is 1.15 bits per heavy atom. The third-order valence-corrected chi connectivity index (χ3v) is 5.88. The van der Waals surface area contributed by atoms with Crippen molar-refractivity contribution in [1.29, 1.82) is 0 Å². The molecule has 3 aromatic rings. The van der Waals surface area contributed by atoms with Crippen molar-refractivity contribution >= 4 is 28.5 Å². The zero-order valence-electron chi connectivity index (χ0n) is 18.7. The average molecular weight is 463 g/mol. The minimum absolute atomic E-state index is 0.205. The summed E-state index contributed by atoms with van der Waals surface area (Å²) in [4.78, 5) is 34.2. The van der Waals surface area contributed by atoms with Gasteiger partial charge in [-0.3, -0.25) is 14.6 Å². The van der Waals surface area contributed by atoms with Crippen LogP contribution in [0.4, 0.5) is 5.69 Å². The molecule has 2 atom stereocenters. The molecule has 2 aromatic heterocycles. The van der Waals surface area contributed by atoms with Crippen molar-refractivity contribution in [2.24, 2.45) is 0 Å². The summed E-state index contributed by atoms with van der Waals surface area (Å²) in [5.74, 6) is 1.37. The Morgan fingerprint density at radius 2 is 2.00 bits per heavy atom. The number of amides is 2. The number of pyridine rings is 2. The van der Waals surface area contributed by atoms with E-state index in [1.54, 1.807) is 24.4 Å². The van der Waals surface area contributed by atoms with E-state index in [2.05, 4.69) is 25.9 Å². The van der Waals surface area contributed by atoms with Crippen LogP contribution in [0.2, 0.25) is 0 Å². The van der Waals surface area contributed by atoms with E-state index in [0.717, 1.165) is 11.3 Å². The smallest absolute Gasteiger partial charge is 0.247 e. The number of anilines is 1. The van der Waals surface area contributed by atoms with Crippen LogP contribution in [-0.4, -0.2) is 54.2 Å². The normalized spacial score (nSPS) is 19.4. The monoisotopic (exact) mass is 463 g/mol. The number of benzene rings is 1. The molecule has 1 aromatic carbocycles. The van der Waals surface area contributed by atoms with Crippen LogP contribution in [0.3, 0.4) is 0 Å². The molecule has 0 bridgehead atoms. The van der Waals surface area contributed by atoms with Gasteiger partial charge in [-0.05, 0) is 42.7 Å². The van der Waals surface area contributed by atoms with Gasteiger partial charge in [-0.25, -0.2) is 4.98 Å². The van der Waals surface area contributed by atoms with Crippen LogP contribution in [0.25, 0.3) is 11.0 Å². The van der Waals surface area contributed by atoms with Gasteiger partial charge < -0.3 is 30.2 Å². The molecule has 10 heteroatoms. The second-order valence-corrected chi connectivity index (χ2v) is 8.12. The van der Waals surface area contributed by atoms with Crippen molar-refractivity contribution in [3.8, 4) is 17.4 Å². The second kappa shape index (κ2) is 9.52. The standard InChI is InChI=1S/C24H25N5O5/c1-32-21-7-5-15-22(29-21)16(8-9-25-15)27-24(31)18-4-3-17(23(30)28-18)26-13-14-2-6-19-20(12-14)34-11-10-33-19/h2,5-9,12,17-18,26H,3-4,10-11,13H2,1H3,(H,28,30)(H,25,27,31)/t17-,18+/m0/s1. The lowest BCUT2D eigenvalue weighted by Gasteiger charge is -2.29. The molecule has 2 aliphatic rings. The molecule has 0 unspecified atom stereocenters. The maximum atomic E-state index is 12.9.